The first-order valence-corrected chi connectivity index (χ1v) is 8.05. The number of unbranched alkanes of at least 4 members (excludes halogenated alkanes) is 2. The van der Waals surface area contributed by atoms with Gasteiger partial charge in [0.2, 0.25) is 0 Å². The number of rotatable bonds is 10. The summed E-state index contributed by atoms with van der Waals surface area (Å²) in [6, 6.07) is 3.88. The maximum absolute atomic E-state index is 11.5. The van der Waals surface area contributed by atoms with E-state index in [1.54, 1.807) is 11.3 Å². The minimum atomic E-state index is -0.198. The van der Waals surface area contributed by atoms with Gasteiger partial charge in [0.15, 0.2) is 6.61 Å². The maximum Gasteiger partial charge on any atom is 0.305 e. The van der Waals surface area contributed by atoms with Crippen LogP contribution in [0.5, 0.6) is 0 Å². The van der Waals surface area contributed by atoms with Gasteiger partial charge in [0.1, 0.15) is 0 Å². The van der Waals surface area contributed by atoms with Crippen molar-refractivity contribution in [2.45, 2.75) is 32.6 Å². The molecule has 1 aromatic rings. The zero-order chi connectivity index (χ0) is 16.2. The fourth-order valence-electron chi connectivity index (χ4n) is 1.67. The van der Waals surface area contributed by atoms with E-state index < -0.39 is 0 Å². The second-order valence-corrected chi connectivity index (χ2v) is 5.61. The highest BCUT2D eigenvalue weighted by Crippen LogP contribution is 2.09. The van der Waals surface area contributed by atoms with Crippen molar-refractivity contribution >= 4 is 28.9 Å². The van der Waals surface area contributed by atoms with Crippen molar-refractivity contribution < 1.29 is 19.2 Å². The van der Waals surface area contributed by atoms with Crippen molar-refractivity contribution in [1.29, 1.82) is 0 Å². The molecule has 0 unspecified atom stereocenters. The molecule has 122 valence electrons. The van der Waals surface area contributed by atoms with Gasteiger partial charge in [-0.2, -0.15) is 0 Å². The number of thiophene rings is 1. The first kappa shape index (κ1) is 18.2. The number of esters is 1. The van der Waals surface area contributed by atoms with Crippen LogP contribution in [0.3, 0.4) is 0 Å². The molecule has 7 heteroatoms. The summed E-state index contributed by atoms with van der Waals surface area (Å²) in [5, 5.41) is 8.61. The second-order valence-electron chi connectivity index (χ2n) is 4.66. The standard InChI is InChI=1S/C15H22N2O4S/c1-12(13-7-6-10-22-13)17-21-11-14(18)16-9-5-3-4-8-15(19)20-2/h6-7,10H,3-5,8-9,11H2,1-2H3,(H,16,18)/b17-12-. The van der Waals surface area contributed by atoms with Crippen molar-refractivity contribution in [3.8, 4) is 0 Å². The molecule has 0 bridgehead atoms. The van der Waals surface area contributed by atoms with Crippen LogP contribution in [-0.2, 0) is 19.2 Å². The van der Waals surface area contributed by atoms with Gasteiger partial charge in [0, 0.05) is 13.0 Å². The molecule has 0 saturated heterocycles. The Morgan fingerprint density at radius 1 is 1.32 bits per heavy atom. The number of carbonyl (C=O) groups excluding carboxylic acids is 2. The molecule has 22 heavy (non-hydrogen) atoms. The number of methoxy groups -OCH3 is 1. The Hall–Kier alpha value is -1.89. The first-order valence-electron chi connectivity index (χ1n) is 7.17. The number of oxime groups is 1. The van der Waals surface area contributed by atoms with Crippen molar-refractivity contribution in [2.24, 2.45) is 5.16 Å². The van der Waals surface area contributed by atoms with Gasteiger partial charge in [-0.1, -0.05) is 17.6 Å². The molecular formula is C15H22N2O4S. The van der Waals surface area contributed by atoms with Gasteiger partial charge in [0.25, 0.3) is 5.91 Å². The molecule has 0 atom stereocenters. The Labute approximate surface area is 134 Å². The highest BCUT2D eigenvalue weighted by molar-refractivity contribution is 7.12. The third-order valence-electron chi connectivity index (χ3n) is 2.88. The van der Waals surface area contributed by atoms with Crippen molar-refractivity contribution in [1.82, 2.24) is 5.32 Å². The summed E-state index contributed by atoms with van der Waals surface area (Å²) in [6.07, 6.45) is 2.87. The maximum atomic E-state index is 11.5. The SMILES string of the molecule is COC(=O)CCCCCNC(=O)CO/N=C(/C)c1cccs1. The first-order chi connectivity index (χ1) is 10.6. The molecule has 6 nitrogen and oxygen atoms in total. The lowest BCUT2D eigenvalue weighted by molar-refractivity contribution is -0.140. The fraction of sp³-hybridized carbons (Fsp3) is 0.533. The zero-order valence-electron chi connectivity index (χ0n) is 13.0. The summed E-state index contributed by atoms with van der Waals surface area (Å²) in [7, 11) is 1.38. The highest BCUT2D eigenvalue weighted by atomic mass is 32.1. The van der Waals surface area contributed by atoms with Gasteiger partial charge in [-0.15, -0.1) is 11.3 Å². The lowest BCUT2D eigenvalue weighted by Gasteiger charge is -2.04. The normalized spacial score (nSPS) is 11.1. The number of nitrogens with zero attached hydrogens (tertiary/aromatic N) is 1. The van der Waals surface area contributed by atoms with Gasteiger partial charge in [-0.25, -0.2) is 0 Å². The van der Waals surface area contributed by atoms with Crippen molar-refractivity contribution in [2.75, 3.05) is 20.3 Å². The molecule has 0 aliphatic carbocycles. The number of nitrogens with one attached hydrogen (secondary N) is 1. The minimum absolute atomic E-state index is 0.0924. The molecule has 1 heterocycles. The third kappa shape index (κ3) is 7.78. The van der Waals surface area contributed by atoms with E-state index in [9.17, 15) is 9.59 Å². The van der Waals surface area contributed by atoms with Crippen LogP contribution >= 0.6 is 11.3 Å². The molecule has 0 saturated carbocycles. The van der Waals surface area contributed by atoms with Crippen LogP contribution < -0.4 is 5.32 Å². The Kier molecular flexibility index (Phi) is 8.90. The minimum Gasteiger partial charge on any atom is -0.469 e. The molecule has 0 fully saturated rings. The highest BCUT2D eigenvalue weighted by Gasteiger charge is 2.03. The van der Waals surface area contributed by atoms with Crippen LogP contribution in [0.4, 0.5) is 0 Å². The van der Waals surface area contributed by atoms with Crippen LogP contribution in [0.25, 0.3) is 0 Å². The molecule has 0 aliphatic heterocycles. The van der Waals surface area contributed by atoms with Crippen LogP contribution in [0, 0.1) is 0 Å². The Bertz CT molecular complexity index is 486. The smallest absolute Gasteiger partial charge is 0.305 e. The molecule has 1 rings (SSSR count). The van der Waals surface area contributed by atoms with Crippen molar-refractivity contribution in [3.05, 3.63) is 22.4 Å². The predicted octanol–water partition coefficient (Wildman–Crippen LogP) is 2.34. The molecule has 1 N–H and O–H groups in total. The zero-order valence-corrected chi connectivity index (χ0v) is 13.8. The van der Waals surface area contributed by atoms with Gasteiger partial charge < -0.3 is 14.9 Å². The van der Waals surface area contributed by atoms with E-state index in [4.69, 9.17) is 4.84 Å². The van der Waals surface area contributed by atoms with Crippen LogP contribution in [0.2, 0.25) is 0 Å². The lowest BCUT2D eigenvalue weighted by atomic mass is 10.2. The lowest BCUT2D eigenvalue weighted by Crippen LogP contribution is -2.28. The number of amides is 1. The van der Waals surface area contributed by atoms with E-state index in [0.717, 1.165) is 29.9 Å². The second kappa shape index (κ2) is 10.8. The van der Waals surface area contributed by atoms with Crippen LogP contribution in [-0.4, -0.2) is 37.8 Å². The summed E-state index contributed by atoms with van der Waals surface area (Å²) in [4.78, 5) is 28.5. The molecule has 0 radical (unpaired) electrons. The van der Waals surface area contributed by atoms with Gasteiger partial charge in [-0.05, 0) is 31.2 Å². The molecule has 1 aromatic heterocycles. The van der Waals surface area contributed by atoms with E-state index >= 15 is 0 Å². The number of hydrogen-bond donors (Lipinski definition) is 1. The predicted molar refractivity (Wildman–Crippen MR) is 86.0 cm³/mol. The number of carbonyl (C=O) groups is 2. The van der Waals surface area contributed by atoms with Crippen LogP contribution in [0.1, 0.15) is 37.5 Å². The Morgan fingerprint density at radius 2 is 2.14 bits per heavy atom. The summed E-state index contributed by atoms with van der Waals surface area (Å²) in [5.74, 6) is -0.396. The third-order valence-corrected chi connectivity index (χ3v) is 3.86. The largest absolute Gasteiger partial charge is 0.469 e. The summed E-state index contributed by atoms with van der Waals surface area (Å²) in [5.41, 5.74) is 0.755. The van der Waals surface area contributed by atoms with Crippen molar-refractivity contribution in [3.63, 3.8) is 0 Å². The number of hydrogen-bond acceptors (Lipinski definition) is 6. The quantitative estimate of drug-likeness (QED) is 0.310. The fourth-order valence-corrected chi connectivity index (χ4v) is 2.34. The average molecular weight is 326 g/mol. The summed E-state index contributed by atoms with van der Waals surface area (Å²) >= 11 is 1.57. The number of ether oxygens (including phenoxy) is 1. The topological polar surface area (TPSA) is 77.0 Å². The van der Waals surface area contributed by atoms with E-state index in [1.807, 2.05) is 24.4 Å². The molecule has 0 aromatic carbocycles. The Balaban J connectivity index is 2.04. The molecular weight excluding hydrogens is 304 g/mol. The summed E-state index contributed by atoms with van der Waals surface area (Å²) in [6.45, 7) is 2.31. The van der Waals surface area contributed by atoms with Crippen LogP contribution in [0.15, 0.2) is 22.7 Å². The van der Waals surface area contributed by atoms with E-state index in [1.165, 1.54) is 7.11 Å². The van der Waals surface area contributed by atoms with E-state index in [-0.39, 0.29) is 18.5 Å². The molecule has 1 amide bonds. The molecule has 0 spiro atoms. The molecule has 0 aliphatic rings. The monoisotopic (exact) mass is 326 g/mol. The van der Waals surface area contributed by atoms with E-state index in [2.05, 4.69) is 15.2 Å². The van der Waals surface area contributed by atoms with Gasteiger partial charge in [-0.3, -0.25) is 9.59 Å². The average Bonchev–Trinajstić information content (AvgIpc) is 3.04. The Morgan fingerprint density at radius 3 is 2.82 bits per heavy atom. The van der Waals surface area contributed by atoms with Gasteiger partial charge >= 0.3 is 5.97 Å². The van der Waals surface area contributed by atoms with Gasteiger partial charge in [0.05, 0.1) is 17.7 Å². The summed E-state index contributed by atoms with van der Waals surface area (Å²) < 4.78 is 4.55. The van der Waals surface area contributed by atoms with E-state index in [0.29, 0.717) is 13.0 Å².